The molecule has 3 rings (SSSR count). The number of halogens is 1. The summed E-state index contributed by atoms with van der Waals surface area (Å²) in [5.74, 6) is 1.14. The molecule has 0 bridgehead atoms. The lowest BCUT2D eigenvalue weighted by atomic mass is 10.0. The molecule has 0 aliphatic carbocycles. The van der Waals surface area contributed by atoms with Crippen LogP contribution in [0.1, 0.15) is 38.3 Å². The van der Waals surface area contributed by atoms with Crippen LogP contribution in [0.15, 0.2) is 35.3 Å². The zero-order chi connectivity index (χ0) is 22.2. The van der Waals surface area contributed by atoms with Gasteiger partial charge >= 0.3 is 0 Å². The standard InChI is InChI=1S/C24H40N6O.HI/c1-19(2)23(31)30-14-11-21(17-30)27-24(25-3)26-12-8-13-29-16-15-28(4)18-22(29)20-9-6-5-7-10-20;/h5-7,9-10,19,21-22H,8,11-18H2,1-4H3,(H2,25,26,27);1H. The van der Waals surface area contributed by atoms with E-state index in [4.69, 9.17) is 0 Å². The first kappa shape index (κ1) is 26.9. The molecule has 0 aromatic heterocycles. The number of aliphatic imine (C=N–C) groups is 1. The smallest absolute Gasteiger partial charge is 0.225 e. The SMILES string of the molecule is CN=C(NCCCN1CCN(C)CC1c1ccccc1)NC1CCN(C(=O)C(C)C)C1.I. The minimum absolute atomic E-state index is 0. The maximum atomic E-state index is 12.2. The molecule has 1 amide bonds. The largest absolute Gasteiger partial charge is 0.356 e. The van der Waals surface area contributed by atoms with Crippen LogP contribution in [0.5, 0.6) is 0 Å². The van der Waals surface area contributed by atoms with Crippen molar-refractivity contribution in [3.05, 3.63) is 35.9 Å². The van der Waals surface area contributed by atoms with E-state index < -0.39 is 0 Å². The average molecular weight is 557 g/mol. The first-order valence-corrected chi connectivity index (χ1v) is 11.7. The lowest BCUT2D eigenvalue weighted by molar-refractivity contribution is -0.133. The molecular weight excluding hydrogens is 515 g/mol. The van der Waals surface area contributed by atoms with Gasteiger partial charge in [-0.15, -0.1) is 24.0 Å². The van der Waals surface area contributed by atoms with Crippen molar-refractivity contribution < 1.29 is 4.79 Å². The number of piperazine rings is 1. The second-order valence-electron chi connectivity index (χ2n) is 9.15. The highest BCUT2D eigenvalue weighted by Crippen LogP contribution is 2.24. The normalized spacial score (nSPS) is 22.7. The minimum atomic E-state index is 0. The number of hydrogen-bond donors (Lipinski definition) is 2. The van der Waals surface area contributed by atoms with E-state index >= 15 is 0 Å². The van der Waals surface area contributed by atoms with E-state index in [1.54, 1.807) is 0 Å². The lowest BCUT2D eigenvalue weighted by Gasteiger charge is -2.40. The summed E-state index contributed by atoms with van der Waals surface area (Å²) in [5, 5.41) is 6.96. The molecular formula is C24H41IN6O. The van der Waals surface area contributed by atoms with Crippen LogP contribution in [-0.4, -0.2) is 92.5 Å². The van der Waals surface area contributed by atoms with Crippen LogP contribution in [0.4, 0.5) is 0 Å². The molecule has 2 N–H and O–H groups in total. The molecule has 180 valence electrons. The van der Waals surface area contributed by atoms with Crippen molar-refractivity contribution in [2.24, 2.45) is 10.9 Å². The summed E-state index contributed by atoms with van der Waals surface area (Å²) in [6.45, 7) is 10.8. The Labute approximate surface area is 211 Å². The van der Waals surface area contributed by atoms with E-state index in [1.165, 1.54) is 5.56 Å². The second-order valence-corrected chi connectivity index (χ2v) is 9.15. The number of carbonyl (C=O) groups is 1. The van der Waals surface area contributed by atoms with Crippen molar-refractivity contribution in [2.45, 2.75) is 38.8 Å². The zero-order valence-electron chi connectivity index (χ0n) is 20.1. The molecule has 0 saturated carbocycles. The summed E-state index contributed by atoms with van der Waals surface area (Å²) in [4.78, 5) is 23.6. The maximum Gasteiger partial charge on any atom is 0.225 e. The number of nitrogens with one attached hydrogen (secondary N) is 2. The van der Waals surface area contributed by atoms with Gasteiger partial charge in [-0.05, 0) is 25.5 Å². The number of hydrogen-bond acceptors (Lipinski definition) is 4. The predicted octanol–water partition coefficient (Wildman–Crippen LogP) is 2.41. The molecule has 0 spiro atoms. The fourth-order valence-corrected chi connectivity index (χ4v) is 4.54. The maximum absolute atomic E-state index is 12.2. The fraction of sp³-hybridized carbons (Fsp3) is 0.667. The molecule has 8 heteroatoms. The molecule has 2 saturated heterocycles. The van der Waals surface area contributed by atoms with Crippen LogP contribution in [0.3, 0.4) is 0 Å². The van der Waals surface area contributed by atoms with Crippen molar-refractivity contribution in [1.82, 2.24) is 25.3 Å². The minimum Gasteiger partial charge on any atom is -0.356 e. The fourth-order valence-electron chi connectivity index (χ4n) is 4.54. The third-order valence-corrected chi connectivity index (χ3v) is 6.35. The molecule has 2 fully saturated rings. The van der Waals surface area contributed by atoms with Gasteiger partial charge in [0.15, 0.2) is 5.96 Å². The van der Waals surface area contributed by atoms with Gasteiger partial charge in [-0.1, -0.05) is 44.2 Å². The van der Waals surface area contributed by atoms with Gasteiger partial charge in [0.25, 0.3) is 0 Å². The van der Waals surface area contributed by atoms with E-state index in [1.807, 2.05) is 25.8 Å². The molecule has 1 aromatic carbocycles. The van der Waals surface area contributed by atoms with Crippen LogP contribution >= 0.6 is 24.0 Å². The molecule has 7 nitrogen and oxygen atoms in total. The molecule has 2 unspecified atom stereocenters. The second kappa shape index (κ2) is 13.3. The van der Waals surface area contributed by atoms with Gasteiger partial charge in [-0.2, -0.15) is 0 Å². The van der Waals surface area contributed by atoms with Crippen molar-refractivity contribution in [1.29, 1.82) is 0 Å². The number of carbonyl (C=O) groups excluding carboxylic acids is 1. The van der Waals surface area contributed by atoms with Crippen molar-refractivity contribution in [2.75, 3.05) is 59.9 Å². The van der Waals surface area contributed by atoms with Gasteiger partial charge in [0.2, 0.25) is 5.91 Å². The average Bonchev–Trinajstić information content (AvgIpc) is 3.25. The van der Waals surface area contributed by atoms with Crippen molar-refractivity contribution in [3.8, 4) is 0 Å². The van der Waals surface area contributed by atoms with E-state index in [9.17, 15) is 4.79 Å². The number of amides is 1. The summed E-state index contributed by atoms with van der Waals surface area (Å²) >= 11 is 0. The van der Waals surface area contributed by atoms with Crippen LogP contribution in [-0.2, 0) is 4.79 Å². The molecule has 2 aliphatic heterocycles. The summed E-state index contributed by atoms with van der Waals surface area (Å²) in [7, 11) is 4.02. The highest BCUT2D eigenvalue weighted by Gasteiger charge is 2.28. The number of guanidine groups is 1. The topological polar surface area (TPSA) is 63.2 Å². The number of rotatable bonds is 7. The zero-order valence-corrected chi connectivity index (χ0v) is 22.4. The monoisotopic (exact) mass is 556 g/mol. The molecule has 2 atom stereocenters. The number of nitrogens with zero attached hydrogens (tertiary/aromatic N) is 4. The van der Waals surface area contributed by atoms with Crippen LogP contribution in [0.25, 0.3) is 0 Å². The lowest BCUT2D eigenvalue weighted by Crippen LogP contribution is -2.48. The Morgan fingerprint density at radius 2 is 1.91 bits per heavy atom. The van der Waals surface area contributed by atoms with Crippen molar-refractivity contribution >= 4 is 35.8 Å². The summed E-state index contributed by atoms with van der Waals surface area (Å²) in [6.07, 6.45) is 2.04. The number of likely N-dealkylation sites (tertiary alicyclic amines) is 1. The molecule has 32 heavy (non-hydrogen) atoms. The Hall–Kier alpha value is -1.39. The quantitative estimate of drug-likeness (QED) is 0.234. The first-order valence-electron chi connectivity index (χ1n) is 11.7. The van der Waals surface area contributed by atoms with Gasteiger partial charge in [0.05, 0.1) is 0 Å². The molecule has 2 heterocycles. The third-order valence-electron chi connectivity index (χ3n) is 6.35. The highest BCUT2D eigenvalue weighted by atomic mass is 127. The van der Waals surface area contributed by atoms with E-state index in [0.29, 0.717) is 6.04 Å². The highest BCUT2D eigenvalue weighted by molar-refractivity contribution is 14.0. The summed E-state index contributed by atoms with van der Waals surface area (Å²) in [6, 6.07) is 11.6. The Morgan fingerprint density at radius 3 is 2.59 bits per heavy atom. The van der Waals surface area contributed by atoms with Gasteiger partial charge in [-0.25, -0.2) is 0 Å². The van der Waals surface area contributed by atoms with E-state index in [2.05, 4.69) is 62.8 Å². The Kier molecular flexibility index (Phi) is 11.2. The predicted molar refractivity (Wildman–Crippen MR) is 143 cm³/mol. The summed E-state index contributed by atoms with van der Waals surface area (Å²) in [5.41, 5.74) is 1.40. The molecule has 1 aromatic rings. The first-order chi connectivity index (χ1) is 15.0. The van der Waals surface area contributed by atoms with Crippen LogP contribution in [0, 0.1) is 5.92 Å². The number of benzene rings is 1. The Bertz CT molecular complexity index is 728. The summed E-state index contributed by atoms with van der Waals surface area (Å²) < 4.78 is 0. The van der Waals surface area contributed by atoms with E-state index in [0.717, 1.165) is 64.6 Å². The van der Waals surface area contributed by atoms with Crippen molar-refractivity contribution in [3.63, 3.8) is 0 Å². The van der Waals surface area contributed by atoms with Gasteiger partial charge in [0, 0.05) is 70.9 Å². The Balaban J connectivity index is 0.00000363. The van der Waals surface area contributed by atoms with Crippen LogP contribution in [0.2, 0.25) is 0 Å². The molecule has 0 radical (unpaired) electrons. The number of likely N-dealkylation sites (N-methyl/N-ethyl adjacent to an activating group) is 1. The van der Waals surface area contributed by atoms with Gasteiger partial charge < -0.3 is 20.4 Å². The van der Waals surface area contributed by atoms with Crippen LogP contribution < -0.4 is 10.6 Å². The van der Waals surface area contributed by atoms with Gasteiger partial charge in [-0.3, -0.25) is 14.7 Å². The molecule has 2 aliphatic rings. The Morgan fingerprint density at radius 1 is 1.16 bits per heavy atom. The third kappa shape index (κ3) is 7.59. The van der Waals surface area contributed by atoms with E-state index in [-0.39, 0.29) is 41.8 Å². The van der Waals surface area contributed by atoms with Gasteiger partial charge in [0.1, 0.15) is 0 Å².